The number of carbonyl (C=O) groups is 1. The lowest BCUT2D eigenvalue weighted by Crippen LogP contribution is -2.57. The van der Waals surface area contributed by atoms with Crippen molar-refractivity contribution in [2.75, 3.05) is 57.3 Å². The first-order valence-electron chi connectivity index (χ1n) is 12.2. The third kappa shape index (κ3) is 5.69. The van der Waals surface area contributed by atoms with Gasteiger partial charge in [0, 0.05) is 81.1 Å². The number of rotatable bonds is 6. The maximum atomic E-state index is 13.6. The molecule has 9 heteroatoms. The Morgan fingerprint density at radius 2 is 1.71 bits per heavy atom. The zero-order chi connectivity index (χ0) is 24.2. The van der Waals surface area contributed by atoms with Crippen molar-refractivity contribution in [3.63, 3.8) is 0 Å². The van der Waals surface area contributed by atoms with Crippen molar-refractivity contribution < 1.29 is 9.18 Å². The fraction of sp³-hybridized carbons (Fsp3) is 0.423. The Morgan fingerprint density at radius 1 is 0.971 bits per heavy atom. The van der Waals surface area contributed by atoms with Crippen LogP contribution in [0.4, 0.5) is 10.3 Å². The van der Waals surface area contributed by atoms with Gasteiger partial charge >= 0.3 is 0 Å². The van der Waals surface area contributed by atoms with Crippen molar-refractivity contribution in [1.82, 2.24) is 24.7 Å². The summed E-state index contributed by atoms with van der Waals surface area (Å²) in [5.74, 6) is 0.743. The van der Waals surface area contributed by atoms with Crippen molar-refractivity contribution in [2.45, 2.75) is 19.5 Å². The topological polar surface area (TPSA) is 55.8 Å². The molecular weight excluding hydrogens is 463 g/mol. The molecule has 7 nitrogen and oxygen atoms in total. The highest BCUT2D eigenvalue weighted by Gasteiger charge is 2.31. The average molecular weight is 495 g/mol. The van der Waals surface area contributed by atoms with E-state index in [1.807, 2.05) is 24.0 Å². The molecule has 0 bridgehead atoms. The summed E-state index contributed by atoms with van der Waals surface area (Å²) in [5, 5.41) is 0. The molecule has 0 N–H and O–H groups in total. The van der Waals surface area contributed by atoms with Crippen molar-refractivity contribution >= 4 is 23.2 Å². The molecule has 1 atom stereocenters. The minimum atomic E-state index is -0.204. The Bertz CT molecular complexity index is 1130. The minimum absolute atomic E-state index is 0.113. The second kappa shape index (κ2) is 10.8. The first kappa shape index (κ1) is 23.8. The van der Waals surface area contributed by atoms with Crippen LogP contribution < -0.4 is 4.90 Å². The van der Waals surface area contributed by atoms with Gasteiger partial charge in [-0.1, -0.05) is 12.1 Å². The number of nitrogens with zero attached hydrogens (tertiary/aromatic N) is 6. The molecule has 3 aromatic rings. The highest BCUT2D eigenvalue weighted by molar-refractivity contribution is 7.15. The van der Waals surface area contributed by atoms with E-state index >= 15 is 0 Å². The van der Waals surface area contributed by atoms with E-state index in [-0.39, 0.29) is 17.8 Å². The first-order chi connectivity index (χ1) is 17.1. The molecule has 0 spiro atoms. The predicted molar refractivity (Wildman–Crippen MR) is 137 cm³/mol. The third-order valence-electron chi connectivity index (χ3n) is 6.89. The fourth-order valence-electron chi connectivity index (χ4n) is 4.79. The number of anilines is 1. The second-order valence-corrected chi connectivity index (χ2v) is 10.3. The van der Waals surface area contributed by atoms with E-state index in [0.29, 0.717) is 13.1 Å². The highest BCUT2D eigenvalue weighted by atomic mass is 32.1. The van der Waals surface area contributed by atoms with Gasteiger partial charge in [0.05, 0.1) is 6.04 Å². The van der Waals surface area contributed by atoms with Gasteiger partial charge in [0.2, 0.25) is 11.9 Å². The molecule has 2 aliphatic heterocycles. The van der Waals surface area contributed by atoms with E-state index in [2.05, 4.69) is 36.8 Å². The molecule has 1 aromatic carbocycles. The Labute approximate surface area is 209 Å². The number of hydrogen-bond donors (Lipinski definition) is 0. The van der Waals surface area contributed by atoms with Gasteiger partial charge < -0.3 is 9.80 Å². The van der Waals surface area contributed by atoms with Gasteiger partial charge in [0.25, 0.3) is 0 Å². The van der Waals surface area contributed by atoms with Gasteiger partial charge in [0.1, 0.15) is 5.82 Å². The molecule has 2 fully saturated rings. The Kier molecular flexibility index (Phi) is 7.36. The van der Waals surface area contributed by atoms with Crippen LogP contribution in [-0.4, -0.2) is 89.0 Å². The molecule has 4 heterocycles. The summed E-state index contributed by atoms with van der Waals surface area (Å²) in [6.45, 7) is 9.48. The number of carbonyl (C=O) groups excluding carboxylic acids is 1. The van der Waals surface area contributed by atoms with Gasteiger partial charge in [-0.3, -0.25) is 14.6 Å². The molecule has 2 aliphatic rings. The van der Waals surface area contributed by atoms with Crippen molar-refractivity contribution in [1.29, 1.82) is 0 Å². The largest absolute Gasteiger partial charge is 0.338 e. The maximum Gasteiger partial charge on any atom is 0.239 e. The quantitative estimate of drug-likeness (QED) is 0.525. The van der Waals surface area contributed by atoms with Crippen LogP contribution in [0.5, 0.6) is 0 Å². The van der Waals surface area contributed by atoms with E-state index < -0.39 is 0 Å². The molecule has 1 amide bonds. The molecule has 2 saturated heterocycles. The van der Waals surface area contributed by atoms with Gasteiger partial charge in [-0.2, -0.15) is 0 Å². The third-order valence-corrected chi connectivity index (χ3v) is 8.01. The summed E-state index contributed by atoms with van der Waals surface area (Å²) >= 11 is 1.72. The zero-order valence-electron chi connectivity index (χ0n) is 20.0. The van der Waals surface area contributed by atoms with Gasteiger partial charge in [-0.15, -0.1) is 11.3 Å². The first-order valence-corrected chi connectivity index (χ1v) is 13.0. The van der Waals surface area contributed by atoms with Crippen LogP contribution in [0.3, 0.4) is 0 Å². The van der Waals surface area contributed by atoms with E-state index in [4.69, 9.17) is 0 Å². The van der Waals surface area contributed by atoms with Crippen LogP contribution in [0.15, 0.2) is 54.9 Å². The van der Waals surface area contributed by atoms with Crippen LogP contribution >= 0.6 is 11.3 Å². The maximum absolute atomic E-state index is 13.6. The lowest BCUT2D eigenvalue weighted by molar-refractivity contribution is -0.137. The van der Waals surface area contributed by atoms with Gasteiger partial charge in [-0.05, 0) is 42.8 Å². The number of thiophene rings is 1. The van der Waals surface area contributed by atoms with E-state index in [9.17, 15) is 9.18 Å². The monoisotopic (exact) mass is 494 g/mol. The minimum Gasteiger partial charge on any atom is -0.338 e. The van der Waals surface area contributed by atoms with E-state index in [1.54, 1.807) is 35.9 Å². The fourth-order valence-corrected chi connectivity index (χ4v) is 5.84. The standard InChI is InChI=1S/C26H31FN6OS/c1-20(25(34)32-14-16-33(17-15-32)26-28-8-3-9-29-26)31-12-10-30(11-13-31)19-23-6-7-24(35-23)21-4-2-5-22(27)18-21/h2-9,18,20H,10-17,19H2,1H3. The molecule has 184 valence electrons. The number of amides is 1. The SMILES string of the molecule is CC(C(=O)N1CCN(c2ncccn2)CC1)N1CCN(Cc2ccc(-c3cccc(F)c3)s2)CC1. The summed E-state index contributed by atoms with van der Waals surface area (Å²) in [4.78, 5) is 33.0. The molecule has 0 radical (unpaired) electrons. The molecule has 0 aliphatic carbocycles. The summed E-state index contributed by atoms with van der Waals surface area (Å²) in [7, 11) is 0. The van der Waals surface area contributed by atoms with Crippen molar-refractivity contribution in [3.05, 3.63) is 65.6 Å². The summed E-state index contributed by atoms with van der Waals surface area (Å²) < 4.78 is 13.6. The average Bonchev–Trinajstić information content (AvgIpc) is 3.37. The van der Waals surface area contributed by atoms with Gasteiger partial charge in [-0.25, -0.2) is 14.4 Å². The van der Waals surface area contributed by atoms with Crippen LogP contribution in [-0.2, 0) is 11.3 Å². The molecular formula is C26H31FN6OS. The molecule has 2 aromatic heterocycles. The predicted octanol–water partition coefficient (Wildman–Crippen LogP) is 3.20. The van der Waals surface area contributed by atoms with E-state index in [1.165, 1.54) is 10.9 Å². The molecule has 5 rings (SSSR count). The van der Waals surface area contributed by atoms with Crippen molar-refractivity contribution in [3.8, 4) is 10.4 Å². The summed E-state index contributed by atoms with van der Waals surface area (Å²) in [6.07, 6.45) is 3.51. The lowest BCUT2D eigenvalue weighted by Gasteiger charge is -2.41. The molecule has 0 saturated carbocycles. The smallest absolute Gasteiger partial charge is 0.239 e. The number of benzene rings is 1. The molecule has 35 heavy (non-hydrogen) atoms. The van der Waals surface area contributed by atoms with Crippen LogP contribution in [0.1, 0.15) is 11.8 Å². The number of halogens is 1. The normalized spacial score (nSPS) is 18.6. The highest BCUT2D eigenvalue weighted by Crippen LogP contribution is 2.29. The second-order valence-electron chi connectivity index (χ2n) is 9.13. The number of piperazine rings is 2. The Balaban J connectivity index is 1.09. The Morgan fingerprint density at radius 3 is 2.43 bits per heavy atom. The zero-order valence-corrected chi connectivity index (χ0v) is 20.8. The summed E-state index contributed by atoms with van der Waals surface area (Å²) in [5.41, 5.74) is 0.926. The number of aromatic nitrogens is 2. The number of hydrogen-bond acceptors (Lipinski definition) is 7. The van der Waals surface area contributed by atoms with Gasteiger partial charge in [0.15, 0.2) is 0 Å². The summed E-state index contributed by atoms with van der Waals surface area (Å²) in [6, 6.07) is 12.7. The van der Waals surface area contributed by atoms with E-state index in [0.717, 1.165) is 62.2 Å². The van der Waals surface area contributed by atoms with Crippen LogP contribution in [0.2, 0.25) is 0 Å². The van der Waals surface area contributed by atoms with Crippen LogP contribution in [0, 0.1) is 5.82 Å². The lowest BCUT2D eigenvalue weighted by atomic mass is 10.1. The van der Waals surface area contributed by atoms with Crippen molar-refractivity contribution in [2.24, 2.45) is 0 Å². The van der Waals surface area contributed by atoms with Crippen LogP contribution in [0.25, 0.3) is 10.4 Å². The molecule has 1 unspecified atom stereocenters. The Hall–Kier alpha value is -2.88.